The van der Waals surface area contributed by atoms with Gasteiger partial charge in [0.1, 0.15) is 11.6 Å². The van der Waals surface area contributed by atoms with Gasteiger partial charge in [0.25, 0.3) is 5.91 Å². The van der Waals surface area contributed by atoms with E-state index in [0.29, 0.717) is 22.9 Å². The first-order valence-corrected chi connectivity index (χ1v) is 9.06. The molecular weight excluding hydrogens is 405 g/mol. The van der Waals surface area contributed by atoms with Crippen molar-refractivity contribution in [3.63, 3.8) is 0 Å². The van der Waals surface area contributed by atoms with Crippen LogP contribution in [0.15, 0.2) is 47.1 Å². The minimum Gasteiger partial charge on any atom is -0.467 e. The molecule has 2 atom stereocenters. The third-order valence-electron chi connectivity index (χ3n) is 4.94. The summed E-state index contributed by atoms with van der Waals surface area (Å²) >= 11 is 0. The molecule has 156 valence electrons. The van der Waals surface area contributed by atoms with Crippen LogP contribution >= 0.6 is 0 Å². The van der Waals surface area contributed by atoms with Gasteiger partial charge in [-0.15, -0.1) is 0 Å². The number of furan rings is 1. The van der Waals surface area contributed by atoms with Gasteiger partial charge in [-0.05, 0) is 24.3 Å². The summed E-state index contributed by atoms with van der Waals surface area (Å²) in [5, 5.41) is 9.49. The third kappa shape index (κ3) is 3.21. The number of halogens is 3. The molecule has 1 amide bonds. The van der Waals surface area contributed by atoms with E-state index in [2.05, 4.69) is 15.7 Å². The third-order valence-corrected chi connectivity index (χ3v) is 4.94. The summed E-state index contributed by atoms with van der Waals surface area (Å²) in [6.07, 6.45) is -3.45. The first kappa shape index (κ1) is 18.4. The maximum absolute atomic E-state index is 13.7. The average molecular weight is 420 g/mol. The van der Waals surface area contributed by atoms with Crippen LogP contribution < -0.4 is 20.1 Å². The second kappa shape index (κ2) is 6.71. The van der Waals surface area contributed by atoms with E-state index in [0.717, 1.165) is 4.68 Å². The molecule has 0 spiro atoms. The molecule has 4 heterocycles. The van der Waals surface area contributed by atoms with Gasteiger partial charge in [0, 0.05) is 24.2 Å². The number of benzene rings is 1. The number of nitrogens with zero attached hydrogens (tertiary/aromatic N) is 2. The quantitative estimate of drug-likeness (QED) is 0.663. The van der Waals surface area contributed by atoms with E-state index in [1.807, 2.05) is 0 Å². The summed E-state index contributed by atoms with van der Waals surface area (Å²) in [6, 6.07) is 6.71. The molecule has 0 saturated heterocycles. The van der Waals surface area contributed by atoms with Gasteiger partial charge in [0.05, 0.1) is 12.3 Å². The number of anilines is 2. The second-order valence-electron chi connectivity index (χ2n) is 6.89. The van der Waals surface area contributed by atoms with Crippen LogP contribution in [0, 0.1) is 0 Å². The Morgan fingerprint density at radius 1 is 1.20 bits per heavy atom. The topological polar surface area (TPSA) is 90.5 Å². The van der Waals surface area contributed by atoms with Gasteiger partial charge in [-0.1, -0.05) is 0 Å². The molecule has 5 rings (SSSR count). The number of hydrogen-bond acceptors (Lipinski definition) is 6. The summed E-state index contributed by atoms with van der Waals surface area (Å²) in [5.41, 5.74) is 0.258. The van der Waals surface area contributed by atoms with Gasteiger partial charge in [-0.25, -0.2) is 4.68 Å². The Hall–Kier alpha value is -3.63. The molecule has 0 bridgehead atoms. The lowest BCUT2D eigenvalue weighted by Gasteiger charge is -2.32. The number of hydrogen-bond donors (Lipinski definition) is 2. The van der Waals surface area contributed by atoms with Crippen molar-refractivity contribution in [2.75, 3.05) is 17.4 Å². The lowest BCUT2D eigenvalue weighted by molar-refractivity contribution is -0.174. The molecular formula is C19H15F3N4O4. The Morgan fingerprint density at radius 3 is 2.80 bits per heavy atom. The molecule has 0 unspecified atom stereocenters. The number of carbonyl (C=O) groups is 1. The van der Waals surface area contributed by atoms with Gasteiger partial charge in [0.15, 0.2) is 23.2 Å². The van der Waals surface area contributed by atoms with Crippen molar-refractivity contribution in [2.24, 2.45) is 0 Å². The molecule has 0 saturated carbocycles. The van der Waals surface area contributed by atoms with Gasteiger partial charge >= 0.3 is 6.18 Å². The standard InChI is InChI=1S/C19H15F3N4O4/c20-19(21,22)16-7-11(13-2-1-5-28-13)24-17-8-12(25-26(16)17)18(27)23-10-3-4-14-15(6-10)30-9-29-14/h1-6,8,11,16,24H,7,9H2,(H,23,27)/t11-,16+/m1/s1. The van der Waals surface area contributed by atoms with Crippen molar-refractivity contribution in [3.05, 3.63) is 54.1 Å². The van der Waals surface area contributed by atoms with E-state index in [1.54, 1.807) is 30.3 Å². The Balaban J connectivity index is 1.42. The van der Waals surface area contributed by atoms with Crippen LogP contribution in [-0.4, -0.2) is 28.7 Å². The maximum Gasteiger partial charge on any atom is 0.410 e. The predicted molar refractivity (Wildman–Crippen MR) is 97.5 cm³/mol. The molecule has 3 aromatic rings. The summed E-state index contributed by atoms with van der Waals surface area (Å²) in [4.78, 5) is 12.6. The smallest absolute Gasteiger partial charge is 0.410 e. The fourth-order valence-electron chi connectivity index (χ4n) is 3.53. The van der Waals surface area contributed by atoms with E-state index < -0.39 is 24.2 Å². The van der Waals surface area contributed by atoms with Gasteiger partial charge in [-0.3, -0.25) is 4.79 Å². The number of fused-ring (bicyclic) bond motifs is 2. The molecule has 11 heteroatoms. The van der Waals surface area contributed by atoms with E-state index in [-0.39, 0.29) is 24.7 Å². The highest BCUT2D eigenvalue weighted by Gasteiger charge is 2.47. The first-order chi connectivity index (χ1) is 14.4. The zero-order valence-corrected chi connectivity index (χ0v) is 15.3. The van der Waals surface area contributed by atoms with Crippen LogP contribution in [-0.2, 0) is 0 Å². The molecule has 2 aliphatic heterocycles. The van der Waals surface area contributed by atoms with Crippen LogP contribution in [0.5, 0.6) is 11.5 Å². The van der Waals surface area contributed by atoms with Gasteiger partial charge < -0.3 is 24.5 Å². The number of ether oxygens (including phenoxy) is 2. The molecule has 0 fully saturated rings. The highest BCUT2D eigenvalue weighted by Crippen LogP contribution is 2.43. The highest BCUT2D eigenvalue weighted by atomic mass is 19.4. The normalized spacial score (nSPS) is 19.8. The molecule has 8 nitrogen and oxygen atoms in total. The van der Waals surface area contributed by atoms with Crippen molar-refractivity contribution < 1.29 is 31.9 Å². The summed E-state index contributed by atoms with van der Waals surface area (Å²) < 4.78 is 57.5. The van der Waals surface area contributed by atoms with Crippen molar-refractivity contribution in [1.29, 1.82) is 0 Å². The van der Waals surface area contributed by atoms with E-state index in [4.69, 9.17) is 13.9 Å². The van der Waals surface area contributed by atoms with Crippen LogP contribution in [0.1, 0.15) is 34.8 Å². The second-order valence-corrected chi connectivity index (χ2v) is 6.89. The largest absolute Gasteiger partial charge is 0.467 e. The van der Waals surface area contributed by atoms with Crippen LogP contribution in [0.2, 0.25) is 0 Å². The van der Waals surface area contributed by atoms with Crippen LogP contribution in [0.25, 0.3) is 0 Å². The maximum atomic E-state index is 13.7. The minimum absolute atomic E-state index is 0.0841. The van der Waals surface area contributed by atoms with E-state index >= 15 is 0 Å². The van der Waals surface area contributed by atoms with E-state index in [1.165, 1.54) is 12.3 Å². The molecule has 2 aromatic heterocycles. The molecule has 30 heavy (non-hydrogen) atoms. The highest BCUT2D eigenvalue weighted by molar-refractivity contribution is 6.03. The van der Waals surface area contributed by atoms with Gasteiger partial charge in [0.2, 0.25) is 6.79 Å². The summed E-state index contributed by atoms with van der Waals surface area (Å²) in [5.74, 6) is 0.834. The van der Waals surface area contributed by atoms with Crippen molar-refractivity contribution in [2.45, 2.75) is 24.7 Å². The summed E-state index contributed by atoms with van der Waals surface area (Å²) in [7, 11) is 0. The lowest BCUT2D eigenvalue weighted by atomic mass is 10.0. The van der Waals surface area contributed by atoms with Crippen LogP contribution in [0.4, 0.5) is 24.7 Å². The molecule has 0 radical (unpaired) electrons. The number of alkyl halides is 3. The van der Waals surface area contributed by atoms with Crippen molar-refractivity contribution in [1.82, 2.24) is 9.78 Å². The van der Waals surface area contributed by atoms with E-state index in [9.17, 15) is 18.0 Å². The average Bonchev–Trinajstić information content (AvgIpc) is 3.44. The zero-order chi connectivity index (χ0) is 20.9. The molecule has 1 aromatic carbocycles. The summed E-state index contributed by atoms with van der Waals surface area (Å²) in [6.45, 7) is 0.0852. The Labute approximate surface area is 167 Å². The molecule has 0 aliphatic carbocycles. The zero-order valence-electron chi connectivity index (χ0n) is 15.3. The van der Waals surface area contributed by atoms with Crippen molar-refractivity contribution >= 4 is 17.4 Å². The van der Waals surface area contributed by atoms with Crippen molar-refractivity contribution in [3.8, 4) is 11.5 Å². The molecule has 2 aliphatic rings. The first-order valence-electron chi connectivity index (χ1n) is 9.06. The monoisotopic (exact) mass is 420 g/mol. The fraction of sp³-hybridized carbons (Fsp3) is 0.263. The molecule has 2 N–H and O–H groups in total. The van der Waals surface area contributed by atoms with Crippen LogP contribution in [0.3, 0.4) is 0 Å². The lowest BCUT2D eigenvalue weighted by Crippen LogP contribution is -2.35. The van der Waals surface area contributed by atoms with Gasteiger partial charge in [-0.2, -0.15) is 18.3 Å². The minimum atomic E-state index is -4.54. The SMILES string of the molecule is O=C(Nc1ccc2c(c1)OCO2)c1cc2n(n1)[C@H](C(F)(F)F)C[C@H](c1ccco1)N2. The Kier molecular flexibility index (Phi) is 4.12. The predicted octanol–water partition coefficient (Wildman–Crippen LogP) is 4.12. The number of nitrogens with one attached hydrogen (secondary N) is 2. The number of carbonyl (C=O) groups excluding carboxylic acids is 1. The Bertz CT molecular complexity index is 1090. The fourth-order valence-corrected chi connectivity index (χ4v) is 3.53. The Morgan fingerprint density at radius 2 is 2.03 bits per heavy atom. The number of aromatic nitrogens is 2. The number of rotatable bonds is 3. The number of amides is 1.